The molecule has 0 saturated heterocycles. The average molecular weight is 354 g/mol. The Morgan fingerprint density at radius 3 is 2.38 bits per heavy atom. The molecule has 0 aliphatic carbocycles. The number of esters is 1. The summed E-state index contributed by atoms with van der Waals surface area (Å²) < 4.78 is 20.9. The maximum Gasteiger partial charge on any atom is 0.346 e. The normalized spacial score (nSPS) is 10.4. The van der Waals surface area contributed by atoms with Crippen molar-refractivity contribution in [3.63, 3.8) is 0 Å². The van der Waals surface area contributed by atoms with E-state index in [2.05, 4.69) is 10.1 Å². The Morgan fingerprint density at radius 2 is 1.73 bits per heavy atom. The first-order valence-electron chi connectivity index (χ1n) is 7.90. The van der Waals surface area contributed by atoms with Gasteiger partial charge in [-0.25, -0.2) is 4.79 Å². The summed E-state index contributed by atoms with van der Waals surface area (Å²) >= 11 is 0. The van der Waals surface area contributed by atoms with Crippen LogP contribution in [0.2, 0.25) is 0 Å². The summed E-state index contributed by atoms with van der Waals surface area (Å²) in [5.74, 6) is 0.769. The van der Waals surface area contributed by atoms with Crippen LogP contribution in [0.1, 0.15) is 21.8 Å². The number of methoxy groups -OCH3 is 2. The van der Waals surface area contributed by atoms with E-state index in [1.165, 1.54) is 14.2 Å². The third-order valence-electron chi connectivity index (χ3n) is 3.81. The number of ether oxygens (including phenoxy) is 3. The molecule has 3 aromatic rings. The number of nitrogens with zero attached hydrogens (tertiary/aromatic N) is 2. The zero-order valence-corrected chi connectivity index (χ0v) is 14.7. The number of carbonyl (C=O) groups is 1. The van der Waals surface area contributed by atoms with E-state index >= 15 is 0 Å². The lowest BCUT2D eigenvalue weighted by Gasteiger charge is -2.11. The molecule has 0 aliphatic rings. The predicted molar refractivity (Wildman–Crippen MR) is 93.1 cm³/mol. The van der Waals surface area contributed by atoms with Gasteiger partial charge in [0.05, 0.1) is 14.2 Å². The molecule has 0 spiro atoms. The molecule has 1 heterocycles. The van der Waals surface area contributed by atoms with E-state index in [0.29, 0.717) is 17.3 Å². The lowest BCUT2D eigenvalue weighted by molar-refractivity contribution is 0.0422. The summed E-state index contributed by atoms with van der Waals surface area (Å²) in [6.07, 6.45) is 0. The van der Waals surface area contributed by atoms with Crippen LogP contribution in [-0.2, 0) is 11.3 Å². The highest BCUT2D eigenvalue weighted by molar-refractivity contribution is 5.95. The average Bonchev–Trinajstić information content (AvgIpc) is 3.14. The zero-order valence-electron chi connectivity index (χ0n) is 14.7. The van der Waals surface area contributed by atoms with Crippen LogP contribution in [0.25, 0.3) is 11.4 Å². The van der Waals surface area contributed by atoms with Gasteiger partial charge in [-0.15, -0.1) is 0 Å². The van der Waals surface area contributed by atoms with Crippen molar-refractivity contribution >= 4 is 5.97 Å². The molecule has 0 unspecified atom stereocenters. The number of hydrogen-bond acceptors (Lipinski definition) is 7. The molecule has 0 bridgehead atoms. The summed E-state index contributed by atoms with van der Waals surface area (Å²) in [5.41, 5.74) is 2.09. The summed E-state index contributed by atoms with van der Waals surface area (Å²) in [7, 11) is 2.94. The molecule has 0 amide bonds. The maximum absolute atomic E-state index is 12.4. The summed E-state index contributed by atoms with van der Waals surface area (Å²) in [4.78, 5) is 16.7. The van der Waals surface area contributed by atoms with Gasteiger partial charge in [0.2, 0.25) is 5.82 Å². The maximum atomic E-state index is 12.4. The van der Waals surface area contributed by atoms with E-state index in [4.69, 9.17) is 18.7 Å². The minimum absolute atomic E-state index is 0.154. The highest BCUT2D eigenvalue weighted by atomic mass is 16.6. The van der Waals surface area contributed by atoms with Crippen molar-refractivity contribution < 1.29 is 23.5 Å². The van der Waals surface area contributed by atoms with Crippen molar-refractivity contribution in [2.75, 3.05) is 14.2 Å². The van der Waals surface area contributed by atoms with E-state index in [9.17, 15) is 4.79 Å². The van der Waals surface area contributed by atoms with E-state index in [0.717, 1.165) is 11.1 Å². The number of benzene rings is 2. The van der Waals surface area contributed by atoms with Crippen molar-refractivity contribution in [1.82, 2.24) is 10.1 Å². The number of hydrogen-bond donors (Lipinski definition) is 0. The molecule has 7 nitrogen and oxygen atoms in total. The smallest absolute Gasteiger partial charge is 0.346 e. The number of rotatable bonds is 6. The summed E-state index contributed by atoms with van der Waals surface area (Å²) in [6, 6.07) is 12.7. The van der Waals surface area contributed by atoms with Crippen LogP contribution in [0.5, 0.6) is 11.5 Å². The second-order valence-corrected chi connectivity index (χ2v) is 5.44. The molecular weight excluding hydrogens is 336 g/mol. The van der Waals surface area contributed by atoms with Gasteiger partial charge in [-0.05, 0) is 24.6 Å². The predicted octanol–water partition coefficient (Wildman–Crippen LogP) is 3.42. The Bertz CT molecular complexity index is 898. The molecule has 0 N–H and O–H groups in total. The minimum Gasteiger partial charge on any atom is -0.496 e. The van der Waals surface area contributed by atoms with Crippen LogP contribution in [0.15, 0.2) is 47.0 Å². The van der Waals surface area contributed by atoms with Crippen molar-refractivity contribution in [2.24, 2.45) is 0 Å². The van der Waals surface area contributed by atoms with Crippen LogP contribution in [-0.4, -0.2) is 30.3 Å². The number of aromatic nitrogens is 2. The van der Waals surface area contributed by atoms with E-state index in [1.807, 2.05) is 31.2 Å². The third kappa shape index (κ3) is 3.51. The molecule has 26 heavy (non-hydrogen) atoms. The quantitative estimate of drug-likeness (QED) is 0.627. The Hall–Kier alpha value is -3.35. The number of carbonyl (C=O) groups excluding carboxylic acids is 1. The molecule has 1 aromatic heterocycles. The van der Waals surface area contributed by atoms with E-state index < -0.39 is 5.97 Å². The van der Waals surface area contributed by atoms with Crippen LogP contribution in [0.4, 0.5) is 0 Å². The molecule has 0 fully saturated rings. The van der Waals surface area contributed by atoms with Gasteiger partial charge < -0.3 is 18.7 Å². The van der Waals surface area contributed by atoms with Gasteiger partial charge in [-0.1, -0.05) is 35.5 Å². The molecule has 0 aliphatic heterocycles. The van der Waals surface area contributed by atoms with Crippen molar-refractivity contribution in [3.05, 3.63) is 59.5 Å². The molecule has 0 radical (unpaired) electrons. The van der Waals surface area contributed by atoms with Crippen LogP contribution in [0, 0.1) is 6.92 Å². The molecule has 134 valence electrons. The molecule has 2 aromatic carbocycles. The Labute approximate surface area is 150 Å². The minimum atomic E-state index is -0.602. The van der Waals surface area contributed by atoms with Gasteiger partial charge in [0.25, 0.3) is 5.89 Å². The highest BCUT2D eigenvalue weighted by Crippen LogP contribution is 2.29. The van der Waals surface area contributed by atoms with Crippen LogP contribution < -0.4 is 9.47 Å². The third-order valence-corrected chi connectivity index (χ3v) is 3.81. The standard InChI is InChI=1S/C19H18N2O5/c1-12-7-4-5-8-13(12)18-20-16(26-21-18)11-25-19(22)17-14(23-2)9-6-10-15(17)24-3/h4-10H,11H2,1-3H3. The Morgan fingerprint density at radius 1 is 1.04 bits per heavy atom. The monoisotopic (exact) mass is 354 g/mol. The highest BCUT2D eigenvalue weighted by Gasteiger charge is 2.21. The first-order valence-corrected chi connectivity index (χ1v) is 7.90. The molecule has 0 saturated carbocycles. The molecule has 7 heteroatoms. The largest absolute Gasteiger partial charge is 0.496 e. The van der Waals surface area contributed by atoms with E-state index in [-0.39, 0.29) is 18.1 Å². The first-order chi connectivity index (χ1) is 12.6. The second kappa shape index (κ2) is 7.69. The molecular formula is C19H18N2O5. The van der Waals surface area contributed by atoms with Crippen molar-refractivity contribution in [2.45, 2.75) is 13.5 Å². The van der Waals surface area contributed by atoms with Gasteiger partial charge in [-0.3, -0.25) is 0 Å². The van der Waals surface area contributed by atoms with Crippen molar-refractivity contribution in [1.29, 1.82) is 0 Å². The van der Waals surface area contributed by atoms with Crippen LogP contribution >= 0.6 is 0 Å². The van der Waals surface area contributed by atoms with E-state index in [1.54, 1.807) is 18.2 Å². The molecule has 3 rings (SSSR count). The SMILES string of the molecule is COc1cccc(OC)c1C(=O)OCc1nc(-c2ccccc2C)no1. The fourth-order valence-electron chi connectivity index (χ4n) is 2.50. The fourth-order valence-corrected chi connectivity index (χ4v) is 2.50. The second-order valence-electron chi connectivity index (χ2n) is 5.44. The Kier molecular flexibility index (Phi) is 5.17. The van der Waals surface area contributed by atoms with Gasteiger partial charge in [0, 0.05) is 5.56 Å². The van der Waals surface area contributed by atoms with Crippen molar-refractivity contribution in [3.8, 4) is 22.9 Å². The van der Waals surface area contributed by atoms with Gasteiger partial charge in [0.1, 0.15) is 17.1 Å². The summed E-state index contributed by atoms with van der Waals surface area (Å²) in [5, 5.41) is 3.94. The Balaban J connectivity index is 1.75. The van der Waals surface area contributed by atoms with Crippen LogP contribution in [0.3, 0.4) is 0 Å². The van der Waals surface area contributed by atoms with Gasteiger partial charge in [-0.2, -0.15) is 4.98 Å². The lowest BCUT2D eigenvalue weighted by atomic mass is 10.1. The topological polar surface area (TPSA) is 83.7 Å². The molecule has 0 atom stereocenters. The lowest BCUT2D eigenvalue weighted by Crippen LogP contribution is -2.09. The fraction of sp³-hybridized carbons (Fsp3) is 0.211. The number of aryl methyl sites for hydroxylation is 1. The zero-order chi connectivity index (χ0) is 18.5. The van der Waals surface area contributed by atoms with Gasteiger partial charge in [0.15, 0.2) is 6.61 Å². The van der Waals surface area contributed by atoms with Gasteiger partial charge >= 0.3 is 5.97 Å². The first kappa shape index (κ1) is 17.5. The summed E-state index contributed by atoms with van der Waals surface area (Å²) in [6.45, 7) is 1.80.